The first kappa shape index (κ1) is 24.9. The first-order valence-electron chi connectivity index (χ1n) is 11.0. The summed E-state index contributed by atoms with van der Waals surface area (Å²) >= 11 is 0. The molecule has 1 aromatic heterocycles. The lowest BCUT2D eigenvalue weighted by Gasteiger charge is -2.11. The first-order valence-corrected chi connectivity index (χ1v) is 11.0. The predicted octanol–water partition coefficient (Wildman–Crippen LogP) is 5.23. The summed E-state index contributed by atoms with van der Waals surface area (Å²) in [5.41, 5.74) is 9.02. The Morgan fingerprint density at radius 2 is 1.74 bits per heavy atom. The SMILES string of the molecule is CCCOc1ccc(-c2ccc(F)c(F)c2)cc1C(N)=O.Cn1cc(CCO)c2ccccc21. The normalized spacial score (nSPS) is 10.6. The molecule has 1 amide bonds. The Morgan fingerprint density at radius 1 is 1.03 bits per heavy atom. The van der Waals surface area contributed by atoms with Gasteiger partial charge in [-0.1, -0.05) is 37.3 Å². The molecular formula is C27H28F2N2O3. The fourth-order valence-electron chi connectivity index (χ4n) is 3.66. The number of hydrogen-bond acceptors (Lipinski definition) is 3. The number of halogens is 2. The minimum Gasteiger partial charge on any atom is -0.493 e. The molecule has 3 N–H and O–H groups in total. The summed E-state index contributed by atoms with van der Waals surface area (Å²) in [6.07, 6.45) is 3.62. The van der Waals surface area contributed by atoms with Crippen molar-refractivity contribution in [1.29, 1.82) is 0 Å². The van der Waals surface area contributed by atoms with Crippen molar-refractivity contribution in [3.05, 3.63) is 89.6 Å². The first-order chi connectivity index (χ1) is 16.3. The topological polar surface area (TPSA) is 77.5 Å². The molecule has 0 unspecified atom stereocenters. The molecule has 0 fully saturated rings. The number of benzene rings is 3. The maximum atomic E-state index is 13.3. The van der Waals surface area contributed by atoms with Gasteiger partial charge in [0.05, 0.1) is 12.2 Å². The van der Waals surface area contributed by atoms with Crippen LogP contribution in [-0.4, -0.2) is 28.8 Å². The zero-order chi connectivity index (χ0) is 24.7. The summed E-state index contributed by atoms with van der Waals surface area (Å²) in [6.45, 7) is 2.62. The lowest BCUT2D eigenvalue weighted by Crippen LogP contribution is -2.13. The third-order valence-electron chi connectivity index (χ3n) is 5.32. The lowest BCUT2D eigenvalue weighted by molar-refractivity contribution is 0.0996. The van der Waals surface area contributed by atoms with Gasteiger partial charge in [0.25, 0.3) is 5.91 Å². The van der Waals surface area contributed by atoms with E-state index in [0.29, 0.717) is 23.5 Å². The number of primary amides is 1. The van der Waals surface area contributed by atoms with Gasteiger partial charge in [-0.25, -0.2) is 8.78 Å². The van der Waals surface area contributed by atoms with Crippen molar-refractivity contribution in [2.75, 3.05) is 13.2 Å². The van der Waals surface area contributed by atoms with Crippen molar-refractivity contribution in [2.24, 2.45) is 12.8 Å². The van der Waals surface area contributed by atoms with E-state index >= 15 is 0 Å². The molecule has 34 heavy (non-hydrogen) atoms. The van der Waals surface area contributed by atoms with Crippen LogP contribution in [0.5, 0.6) is 5.75 Å². The van der Waals surface area contributed by atoms with Crippen molar-refractivity contribution >= 4 is 16.8 Å². The van der Waals surface area contributed by atoms with Gasteiger partial charge in [-0.2, -0.15) is 0 Å². The van der Waals surface area contributed by atoms with Crippen LogP contribution in [0.15, 0.2) is 66.9 Å². The Hall–Kier alpha value is -3.71. The average molecular weight is 467 g/mol. The minimum atomic E-state index is -0.945. The van der Waals surface area contributed by atoms with Crippen molar-refractivity contribution in [1.82, 2.24) is 4.57 Å². The molecule has 4 aromatic rings. The highest BCUT2D eigenvalue weighted by Gasteiger charge is 2.12. The lowest BCUT2D eigenvalue weighted by atomic mass is 10.0. The molecule has 1 heterocycles. The molecule has 0 saturated heterocycles. The highest BCUT2D eigenvalue weighted by molar-refractivity contribution is 5.97. The van der Waals surface area contributed by atoms with Crippen LogP contribution in [0.3, 0.4) is 0 Å². The average Bonchev–Trinajstić information content (AvgIpc) is 3.15. The van der Waals surface area contributed by atoms with Crippen molar-refractivity contribution < 1.29 is 23.4 Å². The monoisotopic (exact) mass is 466 g/mol. The zero-order valence-electron chi connectivity index (χ0n) is 19.2. The highest BCUT2D eigenvalue weighted by Crippen LogP contribution is 2.28. The van der Waals surface area contributed by atoms with Gasteiger partial charge in [0.15, 0.2) is 11.6 Å². The number of aliphatic hydroxyl groups is 1. The molecule has 0 aliphatic carbocycles. The molecule has 0 radical (unpaired) electrons. The number of rotatable bonds is 7. The molecule has 0 aliphatic rings. The van der Waals surface area contributed by atoms with Crippen molar-refractivity contribution in [2.45, 2.75) is 19.8 Å². The third-order valence-corrected chi connectivity index (χ3v) is 5.32. The van der Waals surface area contributed by atoms with Gasteiger partial charge in [-0.3, -0.25) is 4.79 Å². The van der Waals surface area contributed by atoms with Crippen molar-refractivity contribution in [3.63, 3.8) is 0 Å². The Kier molecular flexibility index (Phi) is 8.38. The van der Waals surface area contributed by atoms with E-state index in [0.717, 1.165) is 25.0 Å². The maximum Gasteiger partial charge on any atom is 0.252 e. The predicted molar refractivity (Wildman–Crippen MR) is 130 cm³/mol. The number of ether oxygens (including phenoxy) is 1. The number of carbonyl (C=O) groups excluding carboxylic acids is 1. The highest BCUT2D eigenvalue weighted by atomic mass is 19.2. The number of aryl methyl sites for hydroxylation is 1. The van der Waals surface area contributed by atoms with Gasteiger partial charge in [0.2, 0.25) is 0 Å². The van der Waals surface area contributed by atoms with E-state index in [1.807, 2.05) is 26.1 Å². The van der Waals surface area contributed by atoms with E-state index in [1.54, 1.807) is 12.1 Å². The van der Waals surface area contributed by atoms with Crippen LogP contribution in [-0.2, 0) is 13.5 Å². The van der Waals surface area contributed by atoms with Crippen LogP contribution in [0, 0.1) is 11.6 Å². The molecule has 0 saturated carbocycles. The molecular weight excluding hydrogens is 438 g/mol. The summed E-state index contributed by atoms with van der Waals surface area (Å²) in [4.78, 5) is 11.5. The van der Waals surface area contributed by atoms with E-state index in [-0.39, 0.29) is 12.2 Å². The van der Waals surface area contributed by atoms with E-state index in [2.05, 4.69) is 22.9 Å². The quantitative estimate of drug-likeness (QED) is 0.391. The fraction of sp³-hybridized carbons (Fsp3) is 0.222. The number of nitrogens with two attached hydrogens (primary N) is 1. The number of aliphatic hydroxyl groups excluding tert-OH is 1. The molecule has 3 aromatic carbocycles. The number of hydrogen-bond donors (Lipinski definition) is 2. The molecule has 0 aliphatic heterocycles. The van der Waals surface area contributed by atoms with Gasteiger partial charge in [0, 0.05) is 30.8 Å². The van der Waals surface area contributed by atoms with Crippen LogP contribution < -0.4 is 10.5 Å². The summed E-state index contributed by atoms with van der Waals surface area (Å²) in [5.74, 6) is -2.11. The number of nitrogens with zero attached hydrogens (tertiary/aromatic N) is 1. The van der Waals surface area contributed by atoms with Crippen molar-refractivity contribution in [3.8, 4) is 16.9 Å². The van der Waals surface area contributed by atoms with Gasteiger partial charge >= 0.3 is 0 Å². The van der Waals surface area contributed by atoms with Gasteiger partial charge < -0.3 is 20.1 Å². The number of amides is 1. The molecule has 0 atom stereocenters. The number of para-hydroxylation sites is 1. The van der Waals surface area contributed by atoms with Crippen LogP contribution >= 0.6 is 0 Å². The fourth-order valence-corrected chi connectivity index (χ4v) is 3.66. The Labute approximate surface area is 197 Å². The second kappa shape index (κ2) is 11.4. The summed E-state index contributed by atoms with van der Waals surface area (Å²) in [5, 5.41) is 10.1. The summed E-state index contributed by atoms with van der Waals surface area (Å²) in [7, 11) is 2.03. The Balaban J connectivity index is 0.000000212. The van der Waals surface area contributed by atoms with Gasteiger partial charge in [-0.15, -0.1) is 0 Å². The molecule has 0 bridgehead atoms. The summed E-state index contributed by atoms with van der Waals surface area (Å²) in [6, 6.07) is 16.6. The van der Waals surface area contributed by atoms with Gasteiger partial charge in [0.1, 0.15) is 5.75 Å². The zero-order valence-corrected chi connectivity index (χ0v) is 19.2. The standard InChI is InChI=1S/C16H15F2NO2.C11H13NO/c1-2-7-21-15-6-4-10(8-12(15)16(19)20)11-3-5-13(17)14(18)9-11;1-12-8-9(6-7-13)10-4-2-3-5-11(10)12/h3-6,8-9H,2,7H2,1H3,(H2,19,20);2-5,8,13H,6-7H2,1H3. The Morgan fingerprint density at radius 3 is 2.41 bits per heavy atom. The Bertz CT molecular complexity index is 1280. The molecule has 5 nitrogen and oxygen atoms in total. The van der Waals surface area contributed by atoms with Crippen LogP contribution in [0.1, 0.15) is 29.3 Å². The number of carbonyl (C=O) groups is 1. The van der Waals surface area contributed by atoms with Crippen LogP contribution in [0.25, 0.3) is 22.0 Å². The largest absolute Gasteiger partial charge is 0.493 e. The summed E-state index contributed by atoms with van der Waals surface area (Å²) < 4.78 is 33.8. The van der Waals surface area contributed by atoms with Crippen LogP contribution in [0.4, 0.5) is 8.78 Å². The smallest absolute Gasteiger partial charge is 0.252 e. The van der Waals surface area contributed by atoms with E-state index in [1.165, 1.54) is 28.6 Å². The van der Waals surface area contributed by atoms with Crippen LogP contribution in [0.2, 0.25) is 0 Å². The third kappa shape index (κ3) is 5.80. The van der Waals surface area contributed by atoms with E-state index in [4.69, 9.17) is 15.6 Å². The second-order valence-electron chi connectivity index (χ2n) is 7.81. The molecule has 0 spiro atoms. The van der Waals surface area contributed by atoms with E-state index in [9.17, 15) is 13.6 Å². The maximum absolute atomic E-state index is 13.3. The molecule has 7 heteroatoms. The van der Waals surface area contributed by atoms with Gasteiger partial charge in [-0.05, 0) is 59.9 Å². The molecule has 178 valence electrons. The minimum absolute atomic E-state index is 0.214. The second-order valence-corrected chi connectivity index (χ2v) is 7.81. The van der Waals surface area contributed by atoms with E-state index < -0.39 is 17.5 Å². The number of fused-ring (bicyclic) bond motifs is 1. The number of aromatic nitrogens is 1. The molecule has 4 rings (SSSR count).